The van der Waals surface area contributed by atoms with Gasteiger partial charge in [0.1, 0.15) is 17.8 Å². The Labute approximate surface area is 110 Å². The second-order valence-corrected chi connectivity index (χ2v) is 4.82. The van der Waals surface area contributed by atoms with Gasteiger partial charge in [-0.1, -0.05) is 0 Å². The van der Waals surface area contributed by atoms with Crippen molar-refractivity contribution in [3.63, 3.8) is 0 Å². The molecule has 0 aromatic carbocycles. The van der Waals surface area contributed by atoms with E-state index < -0.39 is 5.97 Å². The molecule has 0 unspecified atom stereocenters. The molecule has 0 amide bonds. The van der Waals surface area contributed by atoms with Gasteiger partial charge in [0, 0.05) is 6.04 Å². The van der Waals surface area contributed by atoms with Gasteiger partial charge in [0.25, 0.3) is 0 Å². The van der Waals surface area contributed by atoms with Gasteiger partial charge in [-0.15, -0.1) is 0 Å². The first-order chi connectivity index (χ1) is 9.22. The molecule has 0 bridgehead atoms. The molecule has 2 aromatic heterocycles. The second-order valence-electron chi connectivity index (χ2n) is 4.82. The number of carboxylic acids is 1. The third-order valence-corrected chi connectivity index (χ3v) is 3.26. The van der Waals surface area contributed by atoms with Crippen molar-refractivity contribution >= 4 is 5.97 Å². The van der Waals surface area contributed by atoms with E-state index in [-0.39, 0.29) is 5.56 Å². The van der Waals surface area contributed by atoms with Crippen LogP contribution in [0.5, 0.6) is 0 Å². The monoisotopic (exact) mass is 261 g/mol. The summed E-state index contributed by atoms with van der Waals surface area (Å²) in [5, 5.41) is 8.87. The Bertz CT molecular complexity index is 554. The van der Waals surface area contributed by atoms with Crippen LogP contribution >= 0.6 is 0 Å². The van der Waals surface area contributed by atoms with Crippen LogP contribution < -0.4 is 0 Å². The van der Waals surface area contributed by atoms with Crippen molar-refractivity contribution in [2.24, 2.45) is 0 Å². The fourth-order valence-electron chi connectivity index (χ4n) is 2.13. The zero-order valence-corrected chi connectivity index (χ0v) is 10.4. The smallest absolute Gasteiger partial charge is 0.338 e. The number of carboxylic acid groups (broad SMARTS) is 1. The molecule has 0 saturated heterocycles. The van der Waals surface area contributed by atoms with Gasteiger partial charge in [-0.05, 0) is 31.0 Å². The van der Waals surface area contributed by atoms with Gasteiger partial charge in [-0.25, -0.2) is 4.79 Å². The summed E-state index contributed by atoms with van der Waals surface area (Å²) in [5.74, 6) is 0.631. The van der Waals surface area contributed by atoms with Crippen molar-refractivity contribution in [1.82, 2.24) is 4.90 Å². The molecule has 1 fully saturated rings. The van der Waals surface area contributed by atoms with Crippen LogP contribution in [0.25, 0.3) is 0 Å². The summed E-state index contributed by atoms with van der Waals surface area (Å²) in [7, 11) is 0. The molecule has 5 nitrogen and oxygen atoms in total. The minimum atomic E-state index is -0.959. The Kier molecular flexibility index (Phi) is 3.13. The van der Waals surface area contributed by atoms with Gasteiger partial charge < -0.3 is 13.9 Å². The summed E-state index contributed by atoms with van der Waals surface area (Å²) < 4.78 is 10.7. The Balaban J connectivity index is 1.68. The standard InChI is InChI=1S/C14H15NO4/c16-14(17)10-6-13(19-9-10)8-15(11-3-4-11)7-12-2-1-5-18-12/h1-2,5-6,9,11H,3-4,7-8H2,(H,16,17). The fourth-order valence-corrected chi connectivity index (χ4v) is 2.13. The maximum atomic E-state index is 10.8. The summed E-state index contributed by atoms with van der Waals surface area (Å²) in [5.41, 5.74) is 0.198. The molecular weight excluding hydrogens is 246 g/mol. The zero-order chi connectivity index (χ0) is 13.2. The van der Waals surface area contributed by atoms with Crippen molar-refractivity contribution in [3.8, 4) is 0 Å². The molecule has 100 valence electrons. The van der Waals surface area contributed by atoms with E-state index in [1.165, 1.54) is 19.1 Å². The highest BCUT2D eigenvalue weighted by Gasteiger charge is 2.30. The fraction of sp³-hybridized carbons (Fsp3) is 0.357. The largest absolute Gasteiger partial charge is 0.478 e. The highest BCUT2D eigenvalue weighted by molar-refractivity contribution is 5.87. The molecule has 1 aliphatic rings. The normalized spacial score (nSPS) is 15.0. The van der Waals surface area contributed by atoms with E-state index in [1.807, 2.05) is 12.1 Å². The number of nitrogens with zero attached hydrogens (tertiary/aromatic N) is 1. The van der Waals surface area contributed by atoms with E-state index in [0.29, 0.717) is 18.3 Å². The molecule has 0 spiro atoms. The first-order valence-electron chi connectivity index (χ1n) is 6.29. The summed E-state index contributed by atoms with van der Waals surface area (Å²) >= 11 is 0. The van der Waals surface area contributed by atoms with Crippen molar-refractivity contribution in [1.29, 1.82) is 0 Å². The van der Waals surface area contributed by atoms with E-state index in [9.17, 15) is 4.79 Å². The summed E-state index contributed by atoms with van der Waals surface area (Å²) in [6.07, 6.45) is 5.30. The average Bonchev–Trinajstić information content (AvgIpc) is 2.90. The molecule has 0 aliphatic heterocycles. The zero-order valence-electron chi connectivity index (χ0n) is 10.4. The van der Waals surface area contributed by atoms with Crippen LogP contribution in [0, 0.1) is 0 Å². The summed E-state index contributed by atoms with van der Waals surface area (Å²) in [4.78, 5) is 13.1. The third kappa shape index (κ3) is 2.88. The van der Waals surface area contributed by atoms with Crippen LogP contribution in [-0.2, 0) is 13.1 Å². The predicted octanol–water partition coefficient (Wildman–Crippen LogP) is 2.74. The van der Waals surface area contributed by atoms with Gasteiger partial charge in [0.15, 0.2) is 0 Å². The van der Waals surface area contributed by atoms with Crippen LogP contribution in [0.4, 0.5) is 0 Å². The Morgan fingerprint density at radius 2 is 2.11 bits per heavy atom. The lowest BCUT2D eigenvalue weighted by molar-refractivity contribution is 0.0696. The van der Waals surface area contributed by atoms with Gasteiger partial charge in [-0.2, -0.15) is 0 Å². The first kappa shape index (κ1) is 12.0. The Hall–Kier alpha value is -2.01. The highest BCUT2D eigenvalue weighted by Crippen LogP contribution is 2.30. The van der Waals surface area contributed by atoms with E-state index in [4.69, 9.17) is 13.9 Å². The number of carbonyl (C=O) groups is 1. The van der Waals surface area contributed by atoms with E-state index in [0.717, 1.165) is 12.3 Å². The van der Waals surface area contributed by atoms with Crippen LogP contribution in [0.15, 0.2) is 39.6 Å². The van der Waals surface area contributed by atoms with Crippen LogP contribution in [0.3, 0.4) is 0 Å². The minimum Gasteiger partial charge on any atom is -0.478 e. The molecule has 0 radical (unpaired) electrons. The van der Waals surface area contributed by atoms with Crippen molar-refractivity contribution in [2.75, 3.05) is 0 Å². The second kappa shape index (κ2) is 4.93. The molecule has 19 heavy (non-hydrogen) atoms. The van der Waals surface area contributed by atoms with Gasteiger partial charge in [0.2, 0.25) is 0 Å². The van der Waals surface area contributed by atoms with E-state index in [2.05, 4.69) is 4.90 Å². The molecule has 2 aromatic rings. The quantitative estimate of drug-likeness (QED) is 0.866. The maximum absolute atomic E-state index is 10.8. The van der Waals surface area contributed by atoms with E-state index >= 15 is 0 Å². The van der Waals surface area contributed by atoms with Crippen molar-refractivity contribution in [3.05, 3.63) is 47.8 Å². The molecule has 5 heteroatoms. The van der Waals surface area contributed by atoms with Crippen LogP contribution in [0.1, 0.15) is 34.7 Å². The number of rotatable bonds is 6. The number of hydrogen-bond acceptors (Lipinski definition) is 4. The van der Waals surface area contributed by atoms with Gasteiger partial charge in [0.05, 0.1) is 24.9 Å². The molecule has 3 rings (SSSR count). The molecular formula is C14H15NO4. The maximum Gasteiger partial charge on any atom is 0.338 e. The molecule has 1 N–H and O–H groups in total. The first-order valence-corrected chi connectivity index (χ1v) is 6.29. The third-order valence-electron chi connectivity index (χ3n) is 3.26. The topological polar surface area (TPSA) is 66.8 Å². The van der Waals surface area contributed by atoms with Crippen molar-refractivity contribution in [2.45, 2.75) is 32.0 Å². The average molecular weight is 261 g/mol. The number of furan rings is 2. The SMILES string of the molecule is O=C(O)c1coc(CN(Cc2ccco2)C2CC2)c1. The van der Waals surface area contributed by atoms with Gasteiger partial charge in [-0.3, -0.25) is 4.90 Å². The summed E-state index contributed by atoms with van der Waals surface area (Å²) in [6.45, 7) is 1.33. The Morgan fingerprint density at radius 3 is 2.68 bits per heavy atom. The number of hydrogen-bond donors (Lipinski definition) is 1. The van der Waals surface area contributed by atoms with Gasteiger partial charge >= 0.3 is 5.97 Å². The van der Waals surface area contributed by atoms with Crippen molar-refractivity contribution < 1.29 is 18.7 Å². The lowest BCUT2D eigenvalue weighted by Crippen LogP contribution is -2.24. The lowest BCUT2D eigenvalue weighted by atomic mass is 10.3. The molecule has 1 saturated carbocycles. The van der Waals surface area contributed by atoms with Crippen LogP contribution in [0.2, 0.25) is 0 Å². The minimum absolute atomic E-state index is 0.198. The predicted molar refractivity (Wildman–Crippen MR) is 66.6 cm³/mol. The molecule has 1 aliphatic carbocycles. The lowest BCUT2D eigenvalue weighted by Gasteiger charge is -2.19. The molecule has 0 atom stereocenters. The van der Waals surface area contributed by atoms with Crippen LogP contribution in [-0.4, -0.2) is 22.0 Å². The van der Waals surface area contributed by atoms with E-state index in [1.54, 1.807) is 12.3 Å². The summed E-state index contributed by atoms with van der Waals surface area (Å²) in [6, 6.07) is 5.94. The Morgan fingerprint density at radius 1 is 1.32 bits per heavy atom. The molecule has 2 heterocycles. The highest BCUT2D eigenvalue weighted by atomic mass is 16.4. The number of aromatic carboxylic acids is 1.